The fourth-order valence-corrected chi connectivity index (χ4v) is 3.78. The maximum Gasteiger partial charge on any atom is 0.223 e. The number of aromatic amines is 1. The molecule has 158 valence electrons. The van der Waals surface area contributed by atoms with Crippen molar-refractivity contribution >= 4 is 11.7 Å². The van der Waals surface area contributed by atoms with E-state index in [-0.39, 0.29) is 17.9 Å². The molecular formula is C22H24N8O. The predicted molar refractivity (Wildman–Crippen MR) is 115 cm³/mol. The summed E-state index contributed by atoms with van der Waals surface area (Å²) in [5.41, 5.74) is 1.40. The second-order valence-electron chi connectivity index (χ2n) is 7.59. The molecule has 1 amide bonds. The number of hydrogen-bond donors (Lipinski definition) is 3. The first-order chi connectivity index (χ1) is 15.2. The Kier molecular flexibility index (Phi) is 6.47. The Balaban J connectivity index is 1.20. The monoisotopic (exact) mass is 416 g/mol. The van der Waals surface area contributed by atoms with Crippen LogP contribution in [0.5, 0.6) is 0 Å². The lowest BCUT2D eigenvalue weighted by Crippen LogP contribution is -2.37. The van der Waals surface area contributed by atoms with Gasteiger partial charge in [0.05, 0.1) is 5.56 Å². The summed E-state index contributed by atoms with van der Waals surface area (Å²) < 4.78 is 0. The normalized spacial score (nSPS) is 18.2. The molecule has 9 heteroatoms. The lowest BCUT2D eigenvalue weighted by Gasteiger charge is -2.28. The molecule has 3 aromatic rings. The average Bonchev–Trinajstić information content (AvgIpc) is 3.29. The summed E-state index contributed by atoms with van der Waals surface area (Å²) in [6.07, 6.45) is 9.06. The molecule has 4 rings (SSSR count). The Labute approximate surface area is 180 Å². The maximum absolute atomic E-state index is 12.5. The van der Waals surface area contributed by atoms with Crippen molar-refractivity contribution < 1.29 is 4.79 Å². The second-order valence-corrected chi connectivity index (χ2v) is 7.59. The van der Waals surface area contributed by atoms with Crippen LogP contribution in [0.3, 0.4) is 0 Å². The molecule has 0 atom stereocenters. The molecule has 0 aromatic carbocycles. The highest BCUT2D eigenvalue weighted by atomic mass is 16.1. The molecule has 1 aliphatic carbocycles. The number of hydrogen-bond acceptors (Lipinski definition) is 7. The minimum absolute atomic E-state index is 0.0119. The topological polar surface area (TPSA) is 132 Å². The van der Waals surface area contributed by atoms with E-state index in [1.54, 1.807) is 30.7 Å². The molecule has 0 radical (unpaired) electrons. The van der Waals surface area contributed by atoms with Crippen LogP contribution in [-0.4, -0.2) is 43.6 Å². The summed E-state index contributed by atoms with van der Waals surface area (Å²) in [7, 11) is 0. The number of nitrogens with one attached hydrogen (secondary N) is 3. The van der Waals surface area contributed by atoms with E-state index in [0.717, 1.165) is 37.1 Å². The third-order valence-corrected chi connectivity index (χ3v) is 5.48. The molecule has 3 N–H and O–H groups in total. The van der Waals surface area contributed by atoms with Crippen molar-refractivity contribution in [2.45, 2.75) is 38.1 Å². The highest BCUT2D eigenvalue weighted by Gasteiger charge is 2.26. The van der Waals surface area contributed by atoms with Gasteiger partial charge in [-0.1, -0.05) is 0 Å². The van der Waals surface area contributed by atoms with Crippen LogP contribution in [0.1, 0.15) is 37.1 Å². The minimum atomic E-state index is 0.0119. The van der Waals surface area contributed by atoms with E-state index in [4.69, 9.17) is 0 Å². The highest BCUT2D eigenvalue weighted by molar-refractivity contribution is 5.78. The van der Waals surface area contributed by atoms with Crippen molar-refractivity contribution in [3.8, 4) is 17.5 Å². The zero-order valence-electron chi connectivity index (χ0n) is 17.1. The first-order valence-corrected chi connectivity index (χ1v) is 10.4. The Morgan fingerprint density at radius 1 is 1.19 bits per heavy atom. The molecule has 0 aliphatic heterocycles. The quantitative estimate of drug-likeness (QED) is 0.539. The number of H-pyrrole nitrogens is 1. The molecule has 1 fully saturated rings. The summed E-state index contributed by atoms with van der Waals surface area (Å²) in [6, 6.07) is 9.64. The number of pyridine rings is 2. The lowest BCUT2D eigenvalue weighted by atomic mass is 9.85. The number of nitrogens with zero attached hydrogens (tertiary/aromatic N) is 5. The summed E-state index contributed by atoms with van der Waals surface area (Å²) >= 11 is 0. The minimum Gasteiger partial charge on any atom is -0.366 e. The number of carbonyl (C=O) groups excluding carboxylic acids is 1. The third-order valence-electron chi connectivity index (χ3n) is 5.48. The van der Waals surface area contributed by atoms with E-state index in [1.165, 1.54) is 0 Å². The van der Waals surface area contributed by atoms with Gasteiger partial charge in [-0.15, -0.1) is 0 Å². The molecular weight excluding hydrogens is 392 g/mol. The van der Waals surface area contributed by atoms with Gasteiger partial charge in [0, 0.05) is 49.1 Å². The van der Waals surface area contributed by atoms with Gasteiger partial charge in [0.15, 0.2) is 5.82 Å². The van der Waals surface area contributed by atoms with Gasteiger partial charge in [0.25, 0.3) is 0 Å². The fraction of sp³-hybridized carbons (Fsp3) is 0.364. The van der Waals surface area contributed by atoms with Gasteiger partial charge in [-0.2, -0.15) is 10.4 Å². The Morgan fingerprint density at radius 3 is 2.81 bits per heavy atom. The van der Waals surface area contributed by atoms with E-state index in [1.807, 2.05) is 12.1 Å². The van der Waals surface area contributed by atoms with Gasteiger partial charge >= 0.3 is 0 Å². The zero-order valence-corrected chi connectivity index (χ0v) is 17.1. The standard InChI is InChI=1S/C22H24N8O/c23-13-16-3-2-11-25-20(16)27-18-7-5-15(6-8-18)22(31)26-12-9-19-28-21(30-29-19)17-4-1-10-24-14-17/h1-4,10-11,14-15,18H,5-9,12H2,(H,25,27)(H,26,31)(H,28,29,30). The van der Waals surface area contributed by atoms with Crippen LogP contribution in [0.4, 0.5) is 5.82 Å². The van der Waals surface area contributed by atoms with E-state index in [0.29, 0.717) is 30.2 Å². The van der Waals surface area contributed by atoms with Gasteiger partial charge in [-0.3, -0.25) is 14.9 Å². The molecule has 31 heavy (non-hydrogen) atoms. The molecule has 9 nitrogen and oxygen atoms in total. The van der Waals surface area contributed by atoms with Gasteiger partial charge < -0.3 is 10.6 Å². The SMILES string of the molecule is N#Cc1cccnc1NC1CCC(C(=O)NCCc2nc(-c3cccnc3)n[nH]2)CC1. The number of carbonyl (C=O) groups is 1. The summed E-state index contributed by atoms with van der Waals surface area (Å²) in [5.74, 6) is 2.05. The van der Waals surface area contributed by atoms with E-state index >= 15 is 0 Å². The van der Waals surface area contributed by atoms with E-state index < -0.39 is 0 Å². The third kappa shape index (κ3) is 5.22. The van der Waals surface area contributed by atoms with Crippen molar-refractivity contribution in [1.29, 1.82) is 5.26 Å². The van der Waals surface area contributed by atoms with Crippen molar-refractivity contribution in [2.75, 3.05) is 11.9 Å². The van der Waals surface area contributed by atoms with Gasteiger partial charge in [0.2, 0.25) is 5.91 Å². The van der Waals surface area contributed by atoms with Crippen LogP contribution in [0, 0.1) is 17.2 Å². The van der Waals surface area contributed by atoms with Crippen LogP contribution in [-0.2, 0) is 11.2 Å². The smallest absolute Gasteiger partial charge is 0.223 e. The summed E-state index contributed by atoms with van der Waals surface area (Å²) in [4.78, 5) is 25.3. The van der Waals surface area contributed by atoms with E-state index in [9.17, 15) is 10.1 Å². The fourth-order valence-electron chi connectivity index (χ4n) is 3.78. The molecule has 0 spiro atoms. The van der Waals surface area contributed by atoms with E-state index in [2.05, 4.69) is 41.9 Å². The largest absolute Gasteiger partial charge is 0.366 e. The second kappa shape index (κ2) is 9.80. The summed E-state index contributed by atoms with van der Waals surface area (Å²) in [6.45, 7) is 0.512. The molecule has 1 saturated carbocycles. The number of rotatable bonds is 7. The van der Waals surface area contributed by atoms with Crippen LogP contribution in [0.25, 0.3) is 11.4 Å². The van der Waals surface area contributed by atoms with Crippen LogP contribution < -0.4 is 10.6 Å². The van der Waals surface area contributed by atoms with Crippen LogP contribution in [0.15, 0.2) is 42.9 Å². The summed E-state index contributed by atoms with van der Waals surface area (Å²) in [5, 5.41) is 22.7. The van der Waals surface area contributed by atoms with Crippen molar-refractivity contribution in [1.82, 2.24) is 30.5 Å². The molecule has 3 heterocycles. The molecule has 0 unspecified atom stereocenters. The number of aromatic nitrogens is 5. The van der Waals surface area contributed by atoms with Crippen molar-refractivity contribution in [2.24, 2.45) is 5.92 Å². The maximum atomic E-state index is 12.5. The average molecular weight is 416 g/mol. The Morgan fingerprint density at radius 2 is 2.03 bits per heavy atom. The Bertz CT molecular complexity index is 1050. The van der Waals surface area contributed by atoms with Crippen molar-refractivity contribution in [3.05, 3.63) is 54.2 Å². The van der Waals surface area contributed by atoms with Crippen LogP contribution >= 0.6 is 0 Å². The van der Waals surface area contributed by atoms with Gasteiger partial charge in [-0.05, 0) is 49.9 Å². The lowest BCUT2D eigenvalue weighted by molar-refractivity contribution is -0.125. The van der Waals surface area contributed by atoms with Crippen molar-refractivity contribution in [3.63, 3.8) is 0 Å². The molecule has 1 aliphatic rings. The van der Waals surface area contributed by atoms with Gasteiger partial charge in [-0.25, -0.2) is 9.97 Å². The predicted octanol–water partition coefficient (Wildman–Crippen LogP) is 2.46. The first kappa shape index (κ1) is 20.5. The van der Waals surface area contributed by atoms with Gasteiger partial charge in [0.1, 0.15) is 17.7 Å². The molecule has 0 bridgehead atoms. The van der Waals surface area contributed by atoms with Crippen LogP contribution in [0.2, 0.25) is 0 Å². The zero-order chi connectivity index (χ0) is 21.5. The number of nitriles is 1. The molecule has 0 saturated heterocycles. The Hall–Kier alpha value is -3.80. The first-order valence-electron chi connectivity index (χ1n) is 10.4. The molecule has 3 aromatic heterocycles. The highest BCUT2D eigenvalue weighted by Crippen LogP contribution is 2.27. The number of amides is 1. The number of anilines is 1.